The number of carbonyl (C=O) groups excluding carboxylic acids is 1. The van der Waals surface area contributed by atoms with Crippen molar-refractivity contribution >= 4 is 17.0 Å². The summed E-state index contributed by atoms with van der Waals surface area (Å²) in [6.45, 7) is 9.27. The minimum Gasteiger partial charge on any atom is -0.497 e. The molecule has 0 aliphatic rings. The van der Waals surface area contributed by atoms with Gasteiger partial charge in [-0.15, -0.1) is 6.58 Å². The fraction of sp³-hybridized carbons (Fsp3) is 0.438. The maximum absolute atomic E-state index is 12.6. The number of rotatable bonds is 7. The quantitative estimate of drug-likeness (QED) is 0.571. The van der Waals surface area contributed by atoms with E-state index in [1.54, 1.807) is 58.2 Å². The van der Waals surface area contributed by atoms with Gasteiger partial charge in [-0.2, -0.15) is 0 Å². The first kappa shape index (κ1) is 18.4. The molecule has 0 saturated heterocycles. The number of carbonyl (C=O) groups is 1. The minimum atomic E-state index is -1.47. The van der Waals surface area contributed by atoms with E-state index < -0.39 is 22.6 Å². The van der Waals surface area contributed by atoms with Crippen molar-refractivity contribution in [3.8, 4) is 5.75 Å². The highest BCUT2D eigenvalue weighted by Crippen LogP contribution is 2.17. The lowest BCUT2D eigenvalue weighted by Crippen LogP contribution is -2.36. The molecule has 0 amide bonds. The maximum Gasteiger partial charge on any atom is 0.321 e. The Balaban J connectivity index is 2.82. The molecule has 0 spiro atoms. The van der Waals surface area contributed by atoms with Crippen LogP contribution >= 0.6 is 0 Å². The van der Waals surface area contributed by atoms with Crippen LogP contribution in [0.3, 0.4) is 0 Å². The largest absolute Gasteiger partial charge is 0.497 e. The molecule has 1 atom stereocenters. The summed E-state index contributed by atoms with van der Waals surface area (Å²) in [5, 5.41) is 0. The first-order chi connectivity index (χ1) is 10.3. The standard InChI is InChI=1S/C16H23NO4S/c1-6-11-17(12-15(18)21-16(2,3)4)22(19)14-9-7-13(20-5)8-10-14/h6-10H,1,11-12H2,2-5H3. The normalized spacial score (nSPS) is 12.8. The molecule has 0 aromatic heterocycles. The molecule has 1 rings (SSSR count). The second kappa shape index (κ2) is 8.10. The average molecular weight is 325 g/mol. The van der Waals surface area contributed by atoms with Crippen LogP contribution in [0, 0.1) is 0 Å². The number of nitrogens with zero attached hydrogens (tertiary/aromatic N) is 1. The summed E-state index contributed by atoms with van der Waals surface area (Å²) in [5.74, 6) is 0.263. The third kappa shape index (κ3) is 5.99. The Labute approximate surface area is 134 Å². The van der Waals surface area contributed by atoms with Crippen molar-refractivity contribution in [2.24, 2.45) is 0 Å². The number of methoxy groups -OCH3 is 1. The van der Waals surface area contributed by atoms with Gasteiger partial charge < -0.3 is 9.47 Å². The zero-order valence-electron chi connectivity index (χ0n) is 13.5. The summed E-state index contributed by atoms with van der Waals surface area (Å²) in [4.78, 5) is 12.5. The van der Waals surface area contributed by atoms with Crippen LogP contribution in [-0.2, 0) is 20.5 Å². The van der Waals surface area contributed by atoms with Gasteiger partial charge in [-0.25, -0.2) is 8.51 Å². The Bertz CT molecular complexity index is 534. The van der Waals surface area contributed by atoms with Gasteiger partial charge in [0.25, 0.3) is 0 Å². The van der Waals surface area contributed by atoms with E-state index in [0.717, 1.165) is 0 Å². The number of hydrogen-bond donors (Lipinski definition) is 0. The Morgan fingerprint density at radius 3 is 2.36 bits per heavy atom. The highest BCUT2D eigenvalue weighted by Gasteiger charge is 2.22. The Hall–Kier alpha value is -1.66. The highest BCUT2D eigenvalue weighted by molar-refractivity contribution is 7.82. The summed E-state index contributed by atoms with van der Waals surface area (Å²) < 4.78 is 24.4. The molecular formula is C16H23NO4S. The molecule has 1 aromatic carbocycles. The zero-order chi connectivity index (χ0) is 16.8. The van der Waals surface area contributed by atoms with Crippen LogP contribution in [0.4, 0.5) is 0 Å². The van der Waals surface area contributed by atoms with E-state index in [2.05, 4.69) is 6.58 Å². The van der Waals surface area contributed by atoms with Crippen molar-refractivity contribution in [2.75, 3.05) is 20.2 Å². The van der Waals surface area contributed by atoms with E-state index >= 15 is 0 Å². The van der Waals surface area contributed by atoms with E-state index in [1.807, 2.05) is 0 Å². The molecular weight excluding hydrogens is 302 g/mol. The fourth-order valence-corrected chi connectivity index (χ4v) is 2.82. The van der Waals surface area contributed by atoms with Crippen molar-refractivity contribution in [1.82, 2.24) is 4.31 Å². The van der Waals surface area contributed by atoms with Crippen LogP contribution in [0.2, 0.25) is 0 Å². The van der Waals surface area contributed by atoms with Gasteiger partial charge in [-0.1, -0.05) is 6.08 Å². The van der Waals surface area contributed by atoms with Crippen molar-refractivity contribution < 1.29 is 18.5 Å². The molecule has 0 aliphatic carbocycles. The van der Waals surface area contributed by atoms with E-state index in [4.69, 9.17) is 9.47 Å². The zero-order valence-corrected chi connectivity index (χ0v) is 14.3. The molecule has 0 fully saturated rings. The van der Waals surface area contributed by atoms with Crippen LogP contribution < -0.4 is 4.74 Å². The van der Waals surface area contributed by atoms with Gasteiger partial charge in [-0.3, -0.25) is 4.79 Å². The maximum atomic E-state index is 12.6. The SMILES string of the molecule is C=CCN(CC(=O)OC(C)(C)C)S(=O)c1ccc(OC)cc1. The van der Waals surface area contributed by atoms with Gasteiger partial charge in [0.1, 0.15) is 28.9 Å². The van der Waals surface area contributed by atoms with Gasteiger partial charge in [0.2, 0.25) is 0 Å². The molecule has 0 heterocycles. The van der Waals surface area contributed by atoms with Crippen molar-refractivity contribution in [2.45, 2.75) is 31.3 Å². The first-order valence-electron chi connectivity index (χ1n) is 6.90. The van der Waals surface area contributed by atoms with Crippen LogP contribution in [0.1, 0.15) is 20.8 Å². The predicted octanol–water partition coefficient (Wildman–Crippen LogP) is 2.55. The van der Waals surface area contributed by atoms with Gasteiger partial charge in [-0.05, 0) is 45.0 Å². The van der Waals surface area contributed by atoms with Crippen LogP contribution in [-0.4, -0.2) is 40.3 Å². The number of ether oxygens (including phenoxy) is 2. The first-order valence-corrected chi connectivity index (χ1v) is 8.01. The van der Waals surface area contributed by atoms with Crippen molar-refractivity contribution in [3.63, 3.8) is 0 Å². The average Bonchev–Trinajstić information content (AvgIpc) is 2.44. The lowest BCUT2D eigenvalue weighted by atomic mass is 10.2. The van der Waals surface area contributed by atoms with Gasteiger partial charge in [0.15, 0.2) is 0 Å². The van der Waals surface area contributed by atoms with E-state index in [9.17, 15) is 9.00 Å². The lowest BCUT2D eigenvalue weighted by Gasteiger charge is -2.23. The molecule has 5 nitrogen and oxygen atoms in total. The Kier molecular flexibility index (Phi) is 6.77. The molecule has 1 aromatic rings. The molecule has 0 aliphatic heterocycles. The van der Waals surface area contributed by atoms with Crippen LogP contribution in [0.25, 0.3) is 0 Å². The van der Waals surface area contributed by atoms with E-state index in [1.165, 1.54) is 4.31 Å². The van der Waals surface area contributed by atoms with E-state index in [0.29, 0.717) is 17.2 Å². The number of esters is 1. The second-order valence-electron chi connectivity index (χ2n) is 5.62. The van der Waals surface area contributed by atoms with Crippen molar-refractivity contribution in [1.29, 1.82) is 0 Å². The summed E-state index contributed by atoms with van der Waals surface area (Å²) in [5.41, 5.74) is -0.571. The molecule has 0 bridgehead atoms. The summed E-state index contributed by atoms with van der Waals surface area (Å²) in [6.07, 6.45) is 1.60. The third-order valence-corrected chi connectivity index (χ3v) is 3.98. The Morgan fingerprint density at radius 2 is 1.91 bits per heavy atom. The Morgan fingerprint density at radius 1 is 1.32 bits per heavy atom. The topological polar surface area (TPSA) is 55.8 Å². The highest BCUT2D eigenvalue weighted by atomic mass is 32.2. The molecule has 1 unspecified atom stereocenters. The molecule has 22 heavy (non-hydrogen) atoms. The van der Waals surface area contributed by atoms with E-state index in [-0.39, 0.29) is 6.54 Å². The smallest absolute Gasteiger partial charge is 0.321 e. The summed E-state index contributed by atoms with van der Waals surface area (Å²) in [7, 11) is 0.0933. The number of benzene rings is 1. The van der Waals surface area contributed by atoms with Gasteiger partial charge in [0, 0.05) is 6.54 Å². The molecule has 6 heteroatoms. The molecule has 122 valence electrons. The van der Waals surface area contributed by atoms with Crippen molar-refractivity contribution in [3.05, 3.63) is 36.9 Å². The fourth-order valence-electron chi connectivity index (χ4n) is 1.69. The molecule has 0 N–H and O–H groups in total. The van der Waals surface area contributed by atoms with Gasteiger partial charge >= 0.3 is 5.97 Å². The molecule has 0 saturated carbocycles. The minimum absolute atomic E-state index is 0.0675. The number of hydrogen-bond acceptors (Lipinski definition) is 4. The lowest BCUT2D eigenvalue weighted by molar-refractivity contribution is -0.154. The third-order valence-electron chi connectivity index (χ3n) is 2.55. The van der Waals surface area contributed by atoms with Gasteiger partial charge in [0.05, 0.1) is 12.0 Å². The summed E-state index contributed by atoms with van der Waals surface area (Å²) >= 11 is 0. The monoisotopic (exact) mass is 325 g/mol. The van der Waals surface area contributed by atoms with Crippen LogP contribution in [0.5, 0.6) is 5.75 Å². The second-order valence-corrected chi connectivity index (χ2v) is 7.11. The van der Waals surface area contributed by atoms with Crippen LogP contribution in [0.15, 0.2) is 41.8 Å². The molecule has 0 radical (unpaired) electrons. The summed E-state index contributed by atoms with van der Waals surface area (Å²) in [6, 6.07) is 6.87. The predicted molar refractivity (Wildman–Crippen MR) is 87.0 cm³/mol.